The van der Waals surface area contributed by atoms with Crippen LogP contribution in [0.4, 0.5) is 13.2 Å². The van der Waals surface area contributed by atoms with Crippen molar-refractivity contribution in [2.24, 2.45) is 4.99 Å². The van der Waals surface area contributed by atoms with E-state index in [0.717, 1.165) is 5.56 Å². The van der Waals surface area contributed by atoms with Crippen LogP contribution in [-0.2, 0) is 6.54 Å². The van der Waals surface area contributed by atoms with E-state index in [1.54, 1.807) is 7.05 Å². The molecule has 0 amide bonds. The molecule has 1 aliphatic heterocycles. The van der Waals surface area contributed by atoms with Crippen LogP contribution in [-0.4, -0.2) is 57.6 Å². The van der Waals surface area contributed by atoms with Crippen LogP contribution in [0.2, 0.25) is 0 Å². The summed E-state index contributed by atoms with van der Waals surface area (Å²) < 4.78 is 47.3. The number of aliphatic imine (C=N–C) groups is 1. The minimum Gasteiger partial charge on any atom is -0.454 e. The molecule has 0 bridgehead atoms. The quantitative estimate of drug-likeness (QED) is 0.605. The molecule has 1 aromatic carbocycles. The van der Waals surface area contributed by atoms with E-state index < -0.39 is 12.7 Å². The van der Waals surface area contributed by atoms with E-state index >= 15 is 0 Å². The van der Waals surface area contributed by atoms with Crippen LogP contribution in [0.3, 0.4) is 0 Å². The van der Waals surface area contributed by atoms with Gasteiger partial charge in [0.15, 0.2) is 17.5 Å². The van der Waals surface area contributed by atoms with Crippen molar-refractivity contribution in [1.29, 1.82) is 0 Å². The second kappa shape index (κ2) is 8.09. The zero-order valence-corrected chi connectivity index (χ0v) is 13.6. The third-order valence-corrected chi connectivity index (χ3v) is 3.36. The van der Waals surface area contributed by atoms with Crippen LogP contribution >= 0.6 is 0 Å². The average Bonchev–Trinajstić information content (AvgIpc) is 2.96. The lowest BCUT2D eigenvalue weighted by molar-refractivity contribution is -0.142. The fraction of sp³-hybridized carbons (Fsp3) is 0.533. The third kappa shape index (κ3) is 5.80. The maximum Gasteiger partial charge on any atom is 0.401 e. The molecular weight excluding hydrogens is 325 g/mol. The zero-order valence-electron chi connectivity index (χ0n) is 13.6. The Labute approximate surface area is 138 Å². The molecule has 0 fully saturated rings. The van der Waals surface area contributed by atoms with E-state index in [9.17, 15) is 13.2 Å². The molecular formula is C15H21F3N4O2. The first kappa shape index (κ1) is 18.2. The Morgan fingerprint density at radius 2 is 2.00 bits per heavy atom. The van der Waals surface area contributed by atoms with Crippen molar-refractivity contribution in [1.82, 2.24) is 15.5 Å². The molecule has 24 heavy (non-hydrogen) atoms. The summed E-state index contributed by atoms with van der Waals surface area (Å²) in [4.78, 5) is 5.25. The SMILES string of the molecule is CN=C(NCCN(C)CC(F)(F)F)NCc1ccc2c(c1)OCO2. The molecule has 0 aliphatic carbocycles. The van der Waals surface area contributed by atoms with Crippen molar-refractivity contribution in [3.05, 3.63) is 23.8 Å². The summed E-state index contributed by atoms with van der Waals surface area (Å²) in [6.45, 7) is 0.408. The van der Waals surface area contributed by atoms with Gasteiger partial charge in [0, 0.05) is 26.7 Å². The summed E-state index contributed by atoms with van der Waals surface area (Å²) in [5.41, 5.74) is 0.983. The Bertz CT molecular complexity index is 578. The van der Waals surface area contributed by atoms with Crippen LogP contribution in [0.5, 0.6) is 11.5 Å². The molecule has 0 saturated heterocycles. The normalized spacial score (nSPS) is 14.2. The summed E-state index contributed by atoms with van der Waals surface area (Å²) in [6.07, 6.45) is -4.19. The predicted octanol–water partition coefficient (Wildman–Crippen LogP) is 1.57. The first-order valence-electron chi connectivity index (χ1n) is 7.46. The lowest BCUT2D eigenvalue weighted by Crippen LogP contribution is -2.42. The van der Waals surface area contributed by atoms with Gasteiger partial charge in [0.1, 0.15) is 0 Å². The van der Waals surface area contributed by atoms with Crippen LogP contribution in [0, 0.1) is 0 Å². The average molecular weight is 346 g/mol. The number of hydrogen-bond acceptors (Lipinski definition) is 4. The molecule has 6 nitrogen and oxygen atoms in total. The van der Waals surface area contributed by atoms with Gasteiger partial charge in [-0.3, -0.25) is 9.89 Å². The van der Waals surface area contributed by atoms with E-state index in [1.165, 1.54) is 11.9 Å². The number of nitrogens with zero attached hydrogens (tertiary/aromatic N) is 2. The number of likely N-dealkylation sites (N-methyl/N-ethyl adjacent to an activating group) is 1. The highest BCUT2D eigenvalue weighted by Gasteiger charge is 2.28. The predicted molar refractivity (Wildman–Crippen MR) is 84.3 cm³/mol. The van der Waals surface area contributed by atoms with E-state index in [1.807, 2.05) is 18.2 Å². The molecule has 1 aromatic rings. The largest absolute Gasteiger partial charge is 0.454 e. The van der Waals surface area contributed by atoms with E-state index in [0.29, 0.717) is 30.5 Å². The van der Waals surface area contributed by atoms with Gasteiger partial charge in [-0.1, -0.05) is 6.07 Å². The van der Waals surface area contributed by atoms with Crippen molar-refractivity contribution in [2.45, 2.75) is 12.7 Å². The van der Waals surface area contributed by atoms with Crippen LogP contribution in [0.15, 0.2) is 23.2 Å². The number of hydrogen-bond donors (Lipinski definition) is 2. The summed E-state index contributed by atoms with van der Waals surface area (Å²) in [5, 5.41) is 6.08. The first-order valence-corrected chi connectivity index (χ1v) is 7.46. The van der Waals surface area contributed by atoms with Gasteiger partial charge in [-0.15, -0.1) is 0 Å². The number of guanidine groups is 1. The highest BCUT2D eigenvalue weighted by Crippen LogP contribution is 2.32. The second-order valence-corrected chi connectivity index (χ2v) is 5.39. The monoisotopic (exact) mass is 346 g/mol. The lowest BCUT2D eigenvalue weighted by Gasteiger charge is -2.19. The van der Waals surface area contributed by atoms with Crippen molar-refractivity contribution in [3.63, 3.8) is 0 Å². The van der Waals surface area contributed by atoms with Gasteiger partial charge in [0.05, 0.1) is 6.54 Å². The molecule has 0 atom stereocenters. The van der Waals surface area contributed by atoms with Crippen LogP contribution in [0.1, 0.15) is 5.56 Å². The van der Waals surface area contributed by atoms with E-state index in [-0.39, 0.29) is 13.3 Å². The summed E-state index contributed by atoms with van der Waals surface area (Å²) >= 11 is 0. The summed E-state index contributed by atoms with van der Waals surface area (Å²) in [7, 11) is 3.03. The summed E-state index contributed by atoms with van der Waals surface area (Å²) in [5.74, 6) is 1.94. The first-order chi connectivity index (χ1) is 11.4. The van der Waals surface area contributed by atoms with Crippen molar-refractivity contribution in [2.75, 3.05) is 40.5 Å². The smallest absolute Gasteiger partial charge is 0.401 e. The van der Waals surface area contributed by atoms with Crippen molar-refractivity contribution in [3.8, 4) is 11.5 Å². The molecule has 0 unspecified atom stereocenters. The van der Waals surface area contributed by atoms with Gasteiger partial charge in [-0.05, 0) is 24.7 Å². The second-order valence-electron chi connectivity index (χ2n) is 5.39. The number of alkyl halides is 3. The fourth-order valence-electron chi connectivity index (χ4n) is 2.21. The molecule has 0 radical (unpaired) electrons. The number of rotatable bonds is 6. The fourth-order valence-corrected chi connectivity index (χ4v) is 2.21. The van der Waals surface area contributed by atoms with Crippen molar-refractivity contribution >= 4 is 5.96 Å². The number of ether oxygens (including phenoxy) is 2. The molecule has 9 heteroatoms. The molecule has 2 N–H and O–H groups in total. The zero-order chi connectivity index (χ0) is 17.6. The van der Waals surface area contributed by atoms with Gasteiger partial charge in [0.2, 0.25) is 6.79 Å². The van der Waals surface area contributed by atoms with Gasteiger partial charge in [-0.25, -0.2) is 0 Å². The van der Waals surface area contributed by atoms with E-state index in [4.69, 9.17) is 9.47 Å². The van der Waals surface area contributed by atoms with Gasteiger partial charge >= 0.3 is 6.18 Å². The number of benzene rings is 1. The minimum atomic E-state index is -4.19. The molecule has 0 aromatic heterocycles. The Balaban J connectivity index is 1.73. The van der Waals surface area contributed by atoms with Crippen molar-refractivity contribution < 1.29 is 22.6 Å². The van der Waals surface area contributed by atoms with E-state index in [2.05, 4.69) is 15.6 Å². The molecule has 0 spiro atoms. The van der Waals surface area contributed by atoms with Gasteiger partial charge in [-0.2, -0.15) is 13.2 Å². The molecule has 1 heterocycles. The minimum absolute atomic E-state index is 0.223. The van der Waals surface area contributed by atoms with Gasteiger partial charge in [0.25, 0.3) is 0 Å². The Morgan fingerprint density at radius 1 is 1.25 bits per heavy atom. The standard InChI is InChI=1S/C15H21F3N4O2/c1-19-14(20-5-6-22(2)9-15(16,17)18)21-8-11-3-4-12-13(7-11)24-10-23-12/h3-4,7H,5-6,8-10H2,1-2H3,(H2,19,20,21). The highest BCUT2D eigenvalue weighted by molar-refractivity contribution is 5.79. The molecule has 0 saturated carbocycles. The summed E-state index contributed by atoms with van der Waals surface area (Å²) in [6, 6.07) is 5.62. The van der Waals surface area contributed by atoms with Crippen LogP contribution in [0.25, 0.3) is 0 Å². The highest BCUT2D eigenvalue weighted by atomic mass is 19.4. The maximum absolute atomic E-state index is 12.2. The number of fused-ring (bicyclic) bond motifs is 1. The number of halogens is 3. The Morgan fingerprint density at radius 3 is 2.71 bits per heavy atom. The van der Waals surface area contributed by atoms with Crippen LogP contribution < -0.4 is 20.1 Å². The maximum atomic E-state index is 12.2. The number of nitrogens with one attached hydrogen (secondary N) is 2. The lowest BCUT2D eigenvalue weighted by atomic mass is 10.2. The van der Waals surface area contributed by atoms with Gasteiger partial charge < -0.3 is 20.1 Å². The Kier molecular flexibility index (Phi) is 6.13. The molecule has 2 rings (SSSR count). The molecule has 134 valence electrons. The molecule has 1 aliphatic rings. The third-order valence-electron chi connectivity index (χ3n) is 3.36. The topological polar surface area (TPSA) is 58.1 Å². The Hall–Kier alpha value is -2.16.